The van der Waals surface area contributed by atoms with E-state index in [1.54, 1.807) is 6.26 Å². The summed E-state index contributed by atoms with van der Waals surface area (Å²) < 4.78 is 5.42. The first-order valence-electron chi connectivity index (χ1n) is 9.82. The molecule has 5 nitrogen and oxygen atoms in total. The molecule has 2 atom stereocenters. The summed E-state index contributed by atoms with van der Waals surface area (Å²) in [6.45, 7) is 6.08. The normalized spacial score (nSPS) is 32.1. The summed E-state index contributed by atoms with van der Waals surface area (Å²) in [5, 5.41) is 11.1. The Morgan fingerprint density at radius 3 is 2.68 bits per heavy atom. The largest absolute Gasteiger partial charge is 0.468 e. The molecule has 3 aliphatic rings. The van der Waals surface area contributed by atoms with Crippen LogP contribution in [0.4, 0.5) is 0 Å². The minimum atomic E-state index is -0.645. The number of carbonyl (C=O) groups is 1. The lowest BCUT2D eigenvalue weighted by molar-refractivity contribution is -0.138. The van der Waals surface area contributed by atoms with Gasteiger partial charge in [-0.05, 0) is 56.8 Å². The number of aliphatic hydroxyl groups is 1. The van der Waals surface area contributed by atoms with Crippen LogP contribution in [0.3, 0.4) is 0 Å². The molecule has 138 valence electrons. The molecule has 0 aromatic carbocycles. The summed E-state index contributed by atoms with van der Waals surface area (Å²) in [6.07, 6.45) is 6.99. The fourth-order valence-electron chi connectivity index (χ4n) is 4.84. The van der Waals surface area contributed by atoms with Crippen molar-refractivity contribution in [3.63, 3.8) is 0 Å². The molecule has 3 heterocycles. The number of hydrogen-bond acceptors (Lipinski definition) is 4. The third kappa shape index (κ3) is 3.24. The van der Waals surface area contributed by atoms with Crippen LogP contribution in [0.15, 0.2) is 22.8 Å². The van der Waals surface area contributed by atoms with E-state index in [1.165, 1.54) is 6.42 Å². The molecule has 1 aliphatic carbocycles. The van der Waals surface area contributed by atoms with Crippen LogP contribution in [-0.2, 0) is 11.3 Å². The van der Waals surface area contributed by atoms with Gasteiger partial charge in [0.05, 0.1) is 18.4 Å². The van der Waals surface area contributed by atoms with E-state index in [9.17, 15) is 9.90 Å². The van der Waals surface area contributed by atoms with Crippen molar-refractivity contribution in [2.75, 3.05) is 26.2 Å². The summed E-state index contributed by atoms with van der Waals surface area (Å²) in [7, 11) is 0. The molecule has 4 rings (SSSR count). The van der Waals surface area contributed by atoms with Crippen LogP contribution in [-0.4, -0.2) is 52.6 Å². The van der Waals surface area contributed by atoms with Crippen molar-refractivity contribution in [2.45, 2.75) is 51.2 Å². The Balaban J connectivity index is 1.30. The van der Waals surface area contributed by atoms with Gasteiger partial charge in [0, 0.05) is 24.9 Å². The van der Waals surface area contributed by atoms with Gasteiger partial charge in [-0.1, -0.05) is 13.3 Å². The minimum absolute atomic E-state index is 0.115. The van der Waals surface area contributed by atoms with E-state index >= 15 is 0 Å². The van der Waals surface area contributed by atoms with Crippen molar-refractivity contribution >= 4 is 5.91 Å². The predicted octanol–water partition coefficient (Wildman–Crippen LogP) is 2.50. The Kier molecular flexibility index (Phi) is 4.63. The van der Waals surface area contributed by atoms with E-state index in [2.05, 4.69) is 11.8 Å². The Hall–Kier alpha value is -1.33. The molecule has 1 aromatic rings. The maximum atomic E-state index is 13.0. The standard InChI is InChI=1S/C20H30N2O3/c1-15-12-22(14-20(15,24)17-4-2-5-17)19(23)16-7-9-21(10-8-16)13-18-6-3-11-25-18/h3,6,11,15-17,24H,2,4-5,7-10,12-14H2,1H3. The molecule has 1 saturated carbocycles. The van der Waals surface area contributed by atoms with Crippen molar-refractivity contribution in [3.8, 4) is 0 Å². The maximum absolute atomic E-state index is 13.0. The Morgan fingerprint density at radius 1 is 1.32 bits per heavy atom. The van der Waals surface area contributed by atoms with Gasteiger partial charge in [-0.3, -0.25) is 9.69 Å². The zero-order chi connectivity index (χ0) is 17.4. The average Bonchev–Trinajstić information content (AvgIpc) is 3.15. The Bertz CT molecular complexity index is 590. The molecule has 0 radical (unpaired) electrons. The van der Waals surface area contributed by atoms with Crippen molar-refractivity contribution in [3.05, 3.63) is 24.2 Å². The second-order valence-corrected chi connectivity index (χ2v) is 8.37. The summed E-state index contributed by atoms with van der Waals surface area (Å²) >= 11 is 0. The number of likely N-dealkylation sites (tertiary alicyclic amines) is 2. The van der Waals surface area contributed by atoms with Gasteiger partial charge in [0.2, 0.25) is 5.91 Å². The van der Waals surface area contributed by atoms with Gasteiger partial charge in [0.25, 0.3) is 0 Å². The molecular weight excluding hydrogens is 316 g/mol. The van der Waals surface area contributed by atoms with Crippen LogP contribution in [0.25, 0.3) is 0 Å². The lowest BCUT2D eigenvalue weighted by Gasteiger charge is -2.41. The molecule has 3 fully saturated rings. The van der Waals surface area contributed by atoms with E-state index in [1.807, 2.05) is 17.0 Å². The second kappa shape index (κ2) is 6.76. The van der Waals surface area contributed by atoms with Crippen LogP contribution < -0.4 is 0 Å². The summed E-state index contributed by atoms with van der Waals surface area (Å²) in [6, 6.07) is 3.92. The fourth-order valence-corrected chi connectivity index (χ4v) is 4.84. The predicted molar refractivity (Wildman–Crippen MR) is 94.7 cm³/mol. The number of hydrogen-bond donors (Lipinski definition) is 1. The number of furan rings is 1. The minimum Gasteiger partial charge on any atom is -0.468 e. The van der Waals surface area contributed by atoms with E-state index in [-0.39, 0.29) is 17.7 Å². The van der Waals surface area contributed by atoms with Gasteiger partial charge in [-0.25, -0.2) is 0 Å². The Labute approximate surface area is 150 Å². The van der Waals surface area contributed by atoms with Crippen LogP contribution in [0.1, 0.15) is 44.8 Å². The topological polar surface area (TPSA) is 56.9 Å². The highest BCUT2D eigenvalue weighted by Gasteiger charge is 2.51. The molecule has 0 bridgehead atoms. The number of piperidine rings is 1. The van der Waals surface area contributed by atoms with Gasteiger partial charge < -0.3 is 14.4 Å². The zero-order valence-corrected chi connectivity index (χ0v) is 15.2. The number of amides is 1. The highest BCUT2D eigenvalue weighted by atomic mass is 16.3. The van der Waals surface area contributed by atoms with Crippen molar-refractivity contribution in [2.24, 2.45) is 17.8 Å². The van der Waals surface area contributed by atoms with Crippen molar-refractivity contribution in [1.29, 1.82) is 0 Å². The molecule has 1 aromatic heterocycles. The average molecular weight is 346 g/mol. The molecule has 2 saturated heterocycles. The monoisotopic (exact) mass is 346 g/mol. The number of rotatable bonds is 4. The third-order valence-electron chi connectivity index (χ3n) is 6.81. The second-order valence-electron chi connectivity index (χ2n) is 8.37. The Morgan fingerprint density at radius 2 is 2.08 bits per heavy atom. The molecule has 2 aliphatic heterocycles. The highest BCUT2D eigenvalue weighted by molar-refractivity contribution is 5.79. The van der Waals surface area contributed by atoms with Crippen LogP contribution in [0, 0.1) is 17.8 Å². The number of β-amino-alcohol motifs (C(OH)–C–C–N with tert-alkyl or cyclic N) is 1. The van der Waals surface area contributed by atoms with Gasteiger partial charge in [-0.2, -0.15) is 0 Å². The summed E-state index contributed by atoms with van der Waals surface area (Å²) in [5.41, 5.74) is -0.645. The highest BCUT2D eigenvalue weighted by Crippen LogP contribution is 2.44. The molecule has 1 N–H and O–H groups in total. The van der Waals surface area contributed by atoms with Crippen LogP contribution >= 0.6 is 0 Å². The molecule has 2 unspecified atom stereocenters. The van der Waals surface area contributed by atoms with Crippen molar-refractivity contribution < 1.29 is 14.3 Å². The summed E-state index contributed by atoms with van der Waals surface area (Å²) in [5.74, 6) is 1.96. The lowest BCUT2D eigenvalue weighted by Crippen LogP contribution is -2.49. The lowest BCUT2D eigenvalue weighted by atomic mass is 9.69. The molecule has 25 heavy (non-hydrogen) atoms. The molecule has 0 spiro atoms. The first-order valence-corrected chi connectivity index (χ1v) is 9.82. The third-order valence-corrected chi connectivity index (χ3v) is 6.81. The van der Waals surface area contributed by atoms with Crippen LogP contribution in [0.2, 0.25) is 0 Å². The maximum Gasteiger partial charge on any atom is 0.225 e. The number of nitrogens with zero attached hydrogens (tertiary/aromatic N) is 2. The molecular formula is C20H30N2O3. The first-order chi connectivity index (χ1) is 12.1. The first kappa shape index (κ1) is 17.1. The van der Waals surface area contributed by atoms with E-state index in [0.717, 1.165) is 57.6 Å². The van der Waals surface area contributed by atoms with Gasteiger partial charge in [-0.15, -0.1) is 0 Å². The van der Waals surface area contributed by atoms with Crippen LogP contribution in [0.5, 0.6) is 0 Å². The molecule has 5 heteroatoms. The molecule has 1 amide bonds. The smallest absolute Gasteiger partial charge is 0.225 e. The van der Waals surface area contributed by atoms with E-state index in [0.29, 0.717) is 12.5 Å². The quantitative estimate of drug-likeness (QED) is 0.910. The van der Waals surface area contributed by atoms with Gasteiger partial charge >= 0.3 is 0 Å². The fraction of sp³-hybridized carbons (Fsp3) is 0.750. The van der Waals surface area contributed by atoms with Gasteiger partial charge in [0.15, 0.2) is 0 Å². The zero-order valence-electron chi connectivity index (χ0n) is 15.2. The van der Waals surface area contributed by atoms with Crippen molar-refractivity contribution in [1.82, 2.24) is 9.80 Å². The summed E-state index contributed by atoms with van der Waals surface area (Å²) in [4.78, 5) is 17.3. The van der Waals surface area contributed by atoms with E-state index in [4.69, 9.17) is 4.42 Å². The SMILES string of the molecule is CC1CN(C(=O)C2CCN(Cc3ccco3)CC2)CC1(O)C1CCC1. The number of carbonyl (C=O) groups excluding carboxylic acids is 1. The van der Waals surface area contributed by atoms with Gasteiger partial charge in [0.1, 0.15) is 5.76 Å². The van der Waals surface area contributed by atoms with E-state index < -0.39 is 5.60 Å².